The SMILES string of the molecule is COc1ccc([C@H]2CC(=O)c3cn4nc(SCc5cccc(C)c5)nc4nc3C2)cc1. The molecule has 0 saturated carbocycles. The minimum atomic E-state index is 0.0981. The molecule has 2 aromatic heterocycles. The smallest absolute Gasteiger partial charge is 0.253 e. The van der Waals surface area contributed by atoms with Gasteiger partial charge >= 0.3 is 0 Å². The summed E-state index contributed by atoms with van der Waals surface area (Å²) >= 11 is 1.57. The largest absolute Gasteiger partial charge is 0.497 e. The molecule has 0 saturated heterocycles. The number of nitrogens with zero attached hydrogens (tertiary/aromatic N) is 4. The van der Waals surface area contributed by atoms with Crippen molar-refractivity contribution in [1.82, 2.24) is 19.6 Å². The van der Waals surface area contributed by atoms with E-state index in [4.69, 9.17) is 9.72 Å². The molecule has 0 unspecified atom stereocenters. The van der Waals surface area contributed by atoms with Crippen LogP contribution in [0.15, 0.2) is 59.9 Å². The molecule has 31 heavy (non-hydrogen) atoms. The van der Waals surface area contributed by atoms with E-state index in [-0.39, 0.29) is 11.7 Å². The summed E-state index contributed by atoms with van der Waals surface area (Å²) in [6, 6.07) is 16.3. The Morgan fingerprint density at radius 1 is 1.13 bits per heavy atom. The van der Waals surface area contributed by atoms with Gasteiger partial charge in [0.1, 0.15) is 5.75 Å². The van der Waals surface area contributed by atoms with E-state index in [1.807, 2.05) is 24.3 Å². The number of carbonyl (C=O) groups is 1. The molecular formula is C24H22N4O2S. The number of rotatable bonds is 5. The number of aromatic nitrogens is 4. The molecule has 0 N–H and O–H groups in total. The number of hydrogen-bond acceptors (Lipinski definition) is 6. The average Bonchev–Trinajstić information content (AvgIpc) is 3.18. The highest BCUT2D eigenvalue weighted by molar-refractivity contribution is 7.98. The van der Waals surface area contributed by atoms with Crippen LogP contribution in [0.2, 0.25) is 0 Å². The van der Waals surface area contributed by atoms with E-state index in [1.165, 1.54) is 11.1 Å². The van der Waals surface area contributed by atoms with E-state index in [9.17, 15) is 4.79 Å². The minimum Gasteiger partial charge on any atom is -0.497 e. The van der Waals surface area contributed by atoms with Crippen LogP contribution in [0.5, 0.6) is 5.75 Å². The van der Waals surface area contributed by atoms with Crippen molar-refractivity contribution in [2.24, 2.45) is 0 Å². The molecule has 156 valence electrons. The van der Waals surface area contributed by atoms with E-state index < -0.39 is 0 Å². The Morgan fingerprint density at radius 2 is 1.97 bits per heavy atom. The van der Waals surface area contributed by atoms with Gasteiger partial charge in [-0.05, 0) is 42.5 Å². The van der Waals surface area contributed by atoms with Crippen LogP contribution in [0, 0.1) is 6.92 Å². The second kappa shape index (κ2) is 8.15. The highest BCUT2D eigenvalue weighted by Gasteiger charge is 2.28. The van der Waals surface area contributed by atoms with Crippen molar-refractivity contribution in [3.05, 3.63) is 82.7 Å². The summed E-state index contributed by atoms with van der Waals surface area (Å²) in [6.45, 7) is 2.09. The number of thioether (sulfide) groups is 1. The fraction of sp³-hybridized carbons (Fsp3) is 0.250. The van der Waals surface area contributed by atoms with Crippen LogP contribution in [-0.4, -0.2) is 32.5 Å². The Hall–Kier alpha value is -3.19. The predicted molar refractivity (Wildman–Crippen MR) is 120 cm³/mol. The first kappa shape index (κ1) is 19.8. The Morgan fingerprint density at radius 3 is 2.74 bits per heavy atom. The highest BCUT2D eigenvalue weighted by atomic mass is 32.2. The molecule has 1 aliphatic rings. The van der Waals surface area contributed by atoms with E-state index in [0.29, 0.717) is 29.3 Å². The van der Waals surface area contributed by atoms with Gasteiger partial charge in [-0.1, -0.05) is 53.7 Å². The van der Waals surface area contributed by atoms with E-state index in [2.05, 4.69) is 41.3 Å². The van der Waals surface area contributed by atoms with Crippen LogP contribution in [0.3, 0.4) is 0 Å². The Bertz CT molecular complexity index is 1270. The number of fused-ring (bicyclic) bond motifs is 2. The lowest BCUT2D eigenvalue weighted by atomic mass is 9.82. The van der Waals surface area contributed by atoms with Crippen molar-refractivity contribution >= 4 is 23.3 Å². The van der Waals surface area contributed by atoms with Crippen LogP contribution in [0.4, 0.5) is 0 Å². The maximum atomic E-state index is 12.9. The lowest BCUT2D eigenvalue weighted by Crippen LogP contribution is -2.21. The zero-order valence-electron chi connectivity index (χ0n) is 17.4. The standard InChI is InChI=1S/C24H22N4O2S/c1-15-4-3-5-16(10-15)14-31-24-26-23-25-21-11-18(17-6-8-19(30-2)9-7-17)12-22(29)20(21)13-28(23)27-24/h3-10,13,18H,11-12,14H2,1-2H3/t18-/m1/s1. The molecule has 0 aliphatic heterocycles. The van der Waals surface area contributed by atoms with Crippen molar-refractivity contribution in [1.29, 1.82) is 0 Å². The average molecular weight is 431 g/mol. The monoisotopic (exact) mass is 430 g/mol. The molecule has 2 heterocycles. The molecule has 4 aromatic rings. The van der Waals surface area contributed by atoms with E-state index in [1.54, 1.807) is 29.6 Å². The van der Waals surface area contributed by atoms with Gasteiger partial charge < -0.3 is 4.74 Å². The lowest BCUT2D eigenvalue weighted by molar-refractivity contribution is 0.0962. The van der Waals surface area contributed by atoms with E-state index in [0.717, 1.165) is 22.8 Å². The molecule has 1 atom stereocenters. The first-order valence-electron chi connectivity index (χ1n) is 10.2. The van der Waals surface area contributed by atoms with Crippen molar-refractivity contribution < 1.29 is 9.53 Å². The van der Waals surface area contributed by atoms with Crippen LogP contribution in [0.25, 0.3) is 5.78 Å². The predicted octanol–water partition coefficient (Wildman–Crippen LogP) is 4.65. The number of benzene rings is 2. The van der Waals surface area contributed by atoms with Gasteiger partial charge in [-0.2, -0.15) is 4.98 Å². The van der Waals surface area contributed by atoms with Gasteiger partial charge in [-0.3, -0.25) is 4.79 Å². The fourth-order valence-corrected chi connectivity index (χ4v) is 4.75. The summed E-state index contributed by atoms with van der Waals surface area (Å²) in [4.78, 5) is 22.1. The van der Waals surface area contributed by atoms with Gasteiger partial charge in [0.05, 0.1) is 18.4 Å². The van der Waals surface area contributed by atoms with Gasteiger partial charge in [0, 0.05) is 18.4 Å². The summed E-state index contributed by atoms with van der Waals surface area (Å²) in [5.74, 6) is 2.34. The molecule has 0 bridgehead atoms. The fourth-order valence-electron chi connectivity index (χ4n) is 3.99. The maximum Gasteiger partial charge on any atom is 0.253 e. The molecule has 0 spiro atoms. The molecular weight excluding hydrogens is 408 g/mol. The van der Waals surface area contributed by atoms with Gasteiger partial charge in [0.25, 0.3) is 5.78 Å². The summed E-state index contributed by atoms with van der Waals surface area (Å²) < 4.78 is 6.87. The third-order valence-electron chi connectivity index (χ3n) is 5.60. The summed E-state index contributed by atoms with van der Waals surface area (Å²) in [5.41, 5.74) is 5.04. The quantitative estimate of drug-likeness (QED) is 0.430. The molecule has 1 aliphatic carbocycles. The number of ketones is 1. The van der Waals surface area contributed by atoms with Crippen molar-refractivity contribution in [2.75, 3.05) is 7.11 Å². The van der Waals surface area contributed by atoms with Crippen LogP contribution >= 0.6 is 11.8 Å². The zero-order valence-corrected chi connectivity index (χ0v) is 18.2. The van der Waals surface area contributed by atoms with Crippen molar-refractivity contribution in [2.45, 2.75) is 36.6 Å². The highest BCUT2D eigenvalue weighted by Crippen LogP contribution is 2.33. The number of aryl methyl sites for hydroxylation is 1. The molecule has 0 fully saturated rings. The van der Waals surface area contributed by atoms with E-state index >= 15 is 0 Å². The van der Waals surface area contributed by atoms with Gasteiger partial charge in [-0.25, -0.2) is 9.50 Å². The molecule has 2 aromatic carbocycles. The van der Waals surface area contributed by atoms with Gasteiger partial charge in [-0.15, -0.1) is 5.10 Å². The summed E-state index contributed by atoms with van der Waals surface area (Å²) in [6.07, 6.45) is 2.96. The number of methoxy groups -OCH3 is 1. The minimum absolute atomic E-state index is 0.0981. The molecule has 0 amide bonds. The van der Waals surface area contributed by atoms with Crippen LogP contribution in [0.1, 0.15) is 45.1 Å². The topological polar surface area (TPSA) is 69.4 Å². The normalized spacial score (nSPS) is 15.8. The summed E-state index contributed by atoms with van der Waals surface area (Å²) in [5, 5.41) is 5.19. The first-order chi connectivity index (χ1) is 15.1. The van der Waals surface area contributed by atoms with Crippen molar-refractivity contribution in [3.8, 4) is 5.75 Å². The molecule has 7 heteroatoms. The Labute approximate surface area is 184 Å². The van der Waals surface area contributed by atoms with Gasteiger partial charge in [0.15, 0.2) is 5.78 Å². The Kier molecular flexibility index (Phi) is 5.19. The number of Topliss-reactive ketones (excluding diaryl/α,β-unsaturated/α-hetero) is 1. The molecule has 6 nitrogen and oxygen atoms in total. The second-order valence-electron chi connectivity index (χ2n) is 7.82. The number of ether oxygens (including phenoxy) is 1. The third-order valence-corrected chi connectivity index (χ3v) is 6.51. The van der Waals surface area contributed by atoms with Crippen molar-refractivity contribution in [3.63, 3.8) is 0 Å². The lowest BCUT2D eigenvalue weighted by Gasteiger charge is -2.23. The third kappa shape index (κ3) is 4.05. The van der Waals surface area contributed by atoms with Crippen LogP contribution in [-0.2, 0) is 12.2 Å². The summed E-state index contributed by atoms with van der Waals surface area (Å²) in [7, 11) is 1.65. The molecule has 5 rings (SSSR count). The Balaban J connectivity index is 1.38. The number of carbonyl (C=O) groups excluding carboxylic acids is 1. The first-order valence-corrected chi connectivity index (χ1v) is 11.2. The van der Waals surface area contributed by atoms with Crippen LogP contribution < -0.4 is 4.74 Å². The zero-order chi connectivity index (χ0) is 21.4. The molecule has 0 radical (unpaired) electrons. The second-order valence-corrected chi connectivity index (χ2v) is 8.76. The number of hydrogen-bond donors (Lipinski definition) is 0. The maximum absolute atomic E-state index is 12.9. The van der Waals surface area contributed by atoms with Gasteiger partial charge in [0.2, 0.25) is 5.16 Å².